The molecule has 2 aliphatic rings. The monoisotopic (exact) mass is 546 g/mol. The van der Waals surface area contributed by atoms with Gasteiger partial charge in [0.1, 0.15) is 24.0 Å². The van der Waals surface area contributed by atoms with E-state index in [0.29, 0.717) is 30.0 Å². The Labute approximate surface area is 223 Å². The number of rotatable bonds is 8. The van der Waals surface area contributed by atoms with Crippen LogP contribution in [0, 0.1) is 13.8 Å². The van der Waals surface area contributed by atoms with Crippen LogP contribution in [0.2, 0.25) is 0 Å². The van der Waals surface area contributed by atoms with Crippen LogP contribution in [0.4, 0.5) is 0 Å². The topological polar surface area (TPSA) is 112 Å². The molecular formula is C27H34N2O8S. The van der Waals surface area contributed by atoms with Gasteiger partial charge >= 0.3 is 5.97 Å². The molecule has 2 heterocycles. The molecule has 38 heavy (non-hydrogen) atoms. The quantitative estimate of drug-likeness (QED) is 0.462. The highest BCUT2D eigenvalue weighted by atomic mass is 32.2. The number of likely N-dealkylation sites (tertiary alicyclic amines) is 1. The average Bonchev–Trinajstić information content (AvgIpc) is 3.31. The highest BCUT2D eigenvalue weighted by molar-refractivity contribution is 7.88. The Morgan fingerprint density at radius 1 is 1.05 bits per heavy atom. The van der Waals surface area contributed by atoms with E-state index in [-0.39, 0.29) is 37.5 Å². The number of carbonyl (C=O) groups excluding carboxylic acids is 2. The van der Waals surface area contributed by atoms with Crippen LogP contribution in [0.15, 0.2) is 42.5 Å². The number of methoxy groups -OCH3 is 2. The predicted molar refractivity (Wildman–Crippen MR) is 139 cm³/mol. The van der Waals surface area contributed by atoms with Crippen molar-refractivity contribution in [3.8, 4) is 5.75 Å². The second-order valence-corrected chi connectivity index (χ2v) is 11.5. The standard InChI is InChI=1S/C27H34N2O8S/c1-18-8-9-19(2)22(12-18)26(30)28-14-24(34-3)25(15-28)37-21-7-5-6-20(13-21)17-38(32,33)29-10-11-36-16-23(29)27(31)35-4/h5-9,12-13,23-25H,10-11,14-17H2,1-4H3/t23?,24-,25-/m1/s1. The Balaban J connectivity index is 1.46. The van der Waals surface area contributed by atoms with E-state index in [1.54, 1.807) is 36.3 Å². The summed E-state index contributed by atoms with van der Waals surface area (Å²) in [5.74, 6) is -0.577. The smallest absolute Gasteiger partial charge is 0.326 e. The van der Waals surface area contributed by atoms with Crippen LogP contribution in [0.1, 0.15) is 27.0 Å². The largest absolute Gasteiger partial charge is 0.486 e. The Morgan fingerprint density at radius 2 is 1.82 bits per heavy atom. The summed E-state index contributed by atoms with van der Waals surface area (Å²) in [6, 6.07) is 11.6. The summed E-state index contributed by atoms with van der Waals surface area (Å²) >= 11 is 0. The van der Waals surface area contributed by atoms with Gasteiger partial charge in [-0.1, -0.05) is 29.8 Å². The lowest BCUT2D eigenvalue weighted by molar-refractivity contribution is -0.149. The van der Waals surface area contributed by atoms with Crippen LogP contribution in [0.25, 0.3) is 0 Å². The van der Waals surface area contributed by atoms with E-state index in [1.165, 1.54) is 7.11 Å². The number of sulfonamides is 1. The molecule has 0 aromatic heterocycles. The summed E-state index contributed by atoms with van der Waals surface area (Å²) < 4.78 is 49.4. The van der Waals surface area contributed by atoms with Crippen molar-refractivity contribution in [3.05, 3.63) is 64.7 Å². The number of ether oxygens (including phenoxy) is 4. The first-order chi connectivity index (χ1) is 18.1. The van der Waals surface area contributed by atoms with Gasteiger partial charge in [0, 0.05) is 19.2 Å². The molecule has 0 bridgehead atoms. The van der Waals surface area contributed by atoms with Gasteiger partial charge in [0.05, 0.1) is 39.2 Å². The SMILES string of the molecule is COC(=O)C1COCCN1S(=O)(=O)Cc1cccc(O[C@@H]2CN(C(=O)c3cc(C)ccc3C)C[C@H]2OC)c1. The van der Waals surface area contributed by atoms with Crippen molar-refractivity contribution < 1.29 is 37.0 Å². The summed E-state index contributed by atoms with van der Waals surface area (Å²) in [5, 5.41) is 0. The van der Waals surface area contributed by atoms with E-state index in [1.807, 2.05) is 32.0 Å². The molecule has 0 N–H and O–H groups in total. The maximum absolute atomic E-state index is 13.2. The minimum Gasteiger partial charge on any atom is -0.486 e. The number of benzene rings is 2. The number of aryl methyl sites for hydroxylation is 2. The van der Waals surface area contributed by atoms with Gasteiger partial charge < -0.3 is 23.8 Å². The zero-order valence-corrected chi connectivity index (χ0v) is 22.9. The van der Waals surface area contributed by atoms with Crippen LogP contribution in [-0.2, 0) is 34.8 Å². The average molecular weight is 547 g/mol. The van der Waals surface area contributed by atoms with E-state index >= 15 is 0 Å². The Bertz CT molecular complexity index is 1280. The van der Waals surface area contributed by atoms with Crippen molar-refractivity contribution in [2.75, 3.05) is 47.1 Å². The van der Waals surface area contributed by atoms with Gasteiger partial charge in [0.2, 0.25) is 10.0 Å². The number of esters is 1. The zero-order valence-electron chi connectivity index (χ0n) is 22.1. The fourth-order valence-electron chi connectivity index (χ4n) is 4.81. The molecule has 2 aliphatic heterocycles. The fraction of sp³-hybridized carbons (Fsp3) is 0.481. The summed E-state index contributed by atoms with van der Waals surface area (Å²) in [4.78, 5) is 27.1. The molecule has 0 saturated carbocycles. The summed E-state index contributed by atoms with van der Waals surface area (Å²) in [5.41, 5.74) is 3.08. The maximum Gasteiger partial charge on any atom is 0.326 e. The lowest BCUT2D eigenvalue weighted by Crippen LogP contribution is -2.53. The molecule has 11 heteroatoms. The second kappa shape index (κ2) is 11.8. The van der Waals surface area contributed by atoms with Crippen molar-refractivity contribution in [2.24, 2.45) is 0 Å². The molecular weight excluding hydrogens is 512 g/mol. The molecule has 0 radical (unpaired) electrons. The third-order valence-electron chi connectivity index (χ3n) is 6.87. The summed E-state index contributed by atoms with van der Waals surface area (Å²) in [7, 11) is -1.04. The molecule has 1 unspecified atom stereocenters. The number of morpholine rings is 1. The minimum absolute atomic E-state index is 0.0492. The highest BCUT2D eigenvalue weighted by Crippen LogP contribution is 2.25. The van der Waals surface area contributed by atoms with Gasteiger partial charge in [-0.3, -0.25) is 9.59 Å². The molecule has 0 aliphatic carbocycles. The van der Waals surface area contributed by atoms with Crippen molar-refractivity contribution in [3.63, 3.8) is 0 Å². The van der Waals surface area contributed by atoms with Gasteiger partial charge in [-0.25, -0.2) is 8.42 Å². The molecule has 2 aromatic rings. The van der Waals surface area contributed by atoms with E-state index < -0.39 is 28.1 Å². The first-order valence-corrected chi connectivity index (χ1v) is 14.0. The molecule has 206 valence electrons. The van der Waals surface area contributed by atoms with Gasteiger partial charge in [-0.15, -0.1) is 0 Å². The van der Waals surface area contributed by atoms with Crippen molar-refractivity contribution in [1.82, 2.24) is 9.21 Å². The number of carbonyl (C=O) groups is 2. The Morgan fingerprint density at radius 3 is 2.55 bits per heavy atom. The Kier molecular flexibility index (Phi) is 8.71. The van der Waals surface area contributed by atoms with Crippen LogP contribution in [0.3, 0.4) is 0 Å². The van der Waals surface area contributed by atoms with E-state index in [0.717, 1.165) is 15.4 Å². The second-order valence-electron chi connectivity index (χ2n) is 9.59. The van der Waals surface area contributed by atoms with Gasteiger partial charge in [-0.05, 0) is 43.2 Å². The molecule has 0 spiro atoms. The maximum atomic E-state index is 13.2. The number of amides is 1. The fourth-order valence-corrected chi connectivity index (χ4v) is 6.46. The van der Waals surface area contributed by atoms with E-state index in [2.05, 4.69) is 0 Å². The predicted octanol–water partition coefficient (Wildman–Crippen LogP) is 1.93. The molecule has 1 amide bonds. The number of hydrogen-bond acceptors (Lipinski definition) is 8. The normalized spacial score (nSPS) is 22.3. The van der Waals surface area contributed by atoms with E-state index in [4.69, 9.17) is 18.9 Å². The molecule has 3 atom stereocenters. The van der Waals surface area contributed by atoms with E-state index in [9.17, 15) is 18.0 Å². The van der Waals surface area contributed by atoms with Crippen molar-refractivity contribution in [1.29, 1.82) is 0 Å². The molecule has 2 aromatic carbocycles. The lowest BCUT2D eigenvalue weighted by atomic mass is 10.0. The molecule has 2 saturated heterocycles. The summed E-state index contributed by atoms with van der Waals surface area (Å²) in [6.07, 6.45) is -0.769. The number of hydrogen-bond donors (Lipinski definition) is 0. The van der Waals surface area contributed by atoms with Crippen molar-refractivity contribution >= 4 is 21.9 Å². The van der Waals surface area contributed by atoms with Crippen LogP contribution >= 0.6 is 0 Å². The lowest BCUT2D eigenvalue weighted by Gasteiger charge is -2.32. The van der Waals surface area contributed by atoms with Crippen LogP contribution < -0.4 is 4.74 Å². The Hall–Kier alpha value is -2.99. The van der Waals surface area contributed by atoms with Gasteiger partial charge in [-0.2, -0.15) is 4.31 Å². The van der Waals surface area contributed by atoms with Gasteiger partial charge in [0.25, 0.3) is 5.91 Å². The van der Waals surface area contributed by atoms with Crippen LogP contribution in [-0.4, -0.2) is 94.8 Å². The minimum atomic E-state index is -3.84. The first-order valence-electron chi connectivity index (χ1n) is 12.4. The molecule has 4 rings (SSSR count). The van der Waals surface area contributed by atoms with Crippen molar-refractivity contribution in [2.45, 2.75) is 37.9 Å². The number of nitrogens with zero attached hydrogens (tertiary/aromatic N) is 2. The van der Waals surface area contributed by atoms with Crippen LogP contribution in [0.5, 0.6) is 5.75 Å². The zero-order chi connectivity index (χ0) is 27.4. The molecule has 2 fully saturated rings. The highest BCUT2D eigenvalue weighted by Gasteiger charge is 2.39. The first kappa shape index (κ1) is 28.0. The molecule has 10 nitrogen and oxygen atoms in total. The third-order valence-corrected chi connectivity index (χ3v) is 8.72. The summed E-state index contributed by atoms with van der Waals surface area (Å²) in [6.45, 7) is 4.80. The van der Waals surface area contributed by atoms with Gasteiger partial charge in [0.15, 0.2) is 0 Å². The third kappa shape index (κ3) is 6.17.